The predicted octanol–water partition coefficient (Wildman–Crippen LogP) is 0.748. The van der Waals surface area contributed by atoms with E-state index in [-0.39, 0.29) is 17.0 Å². The molecule has 2 aromatic heterocycles. The van der Waals surface area contributed by atoms with Crippen molar-refractivity contribution < 1.29 is 37.7 Å². The van der Waals surface area contributed by atoms with Crippen molar-refractivity contribution in [1.82, 2.24) is 19.7 Å². The van der Waals surface area contributed by atoms with E-state index < -0.39 is 53.2 Å². The molecule has 3 aromatic rings. The van der Waals surface area contributed by atoms with Gasteiger partial charge in [0.25, 0.3) is 0 Å². The van der Waals surface area contributed by atoms with Crippen LogP contribution >= 0.6 is 19.2 Å². The fraction of sp³-hybridized carbons (Fsp3) is 0.450. The summed E-state index contributed by atoms with van der Waals surface area (Å²) >= 11 is 6.18. The van der Waals surface area contributed by atoms with E-state index >= 15 is 0 Å². The molecule has 3 heterocycles. The van der Waals surface area contributed by atoms with Crippen LogP contribution in [0, 0.1) is 0 Å². The second-order valence-electron chi connectivity index (χ2n) is 8.85. The molecule has 16 heteroatoms. The number of ether oxygens (including phenoxy) is 1. The van der Waals surface area contributed by atoms with Gasteiger partial charge in [0.1, 0.15) is 24.1 Å². The van der Waals surface area contributed by atoms with E-state index in [0.29, 0.717) is 11.2 Å². The molecule has 0 spiro atoms. The highest BCUT2D eigenvalue weighted by Crippen LogP contribution is 2.39. The normalized spacial score (nSPS) is 26.4. The molecule has 1 aliphatic carbocycles. The number of aliphatic hydroxyl groups excluding tert-OH is 2. The van der Waals surface area contributed by atoms with Crippen molar-refractivity contribution in [2.45, 2.75) is 43.4 Å². The molecule has 5 rings (SSSR count). The van der Waals surface area contributed by atoms with Gasteiger partial charge in [0.2, 0.25) is 5.28 Å². The van der Waals surface area contributed by atoms with Crippen LogP contribution in [0.3, 0.4) is 0 Å². The van der Waals surface area contributed by atoms with Gasteiger partial charge in [0.15, 0.2) is 27.2 Å². The summed E-state index contributed by atoms with van der Waals surface area (Å²) in [5.41, 5.74) is 1.15. The molecule has 5 N–H and O–H groups in total. The third kappa shape index (κ3) is 5.00. The minimum absolute atomic E-state index is 0.0162. The van der Waals surface area contributed by atoms with E-state index in [1.807, 2.05) is 18.2 Å². The lowest BCUT2D eigenvalue weighted by atomic mass is 10.1. The number of fused-ring (bicyclic) bond motifs is 2. The van der Waals surface area contributed by atoms with Crippen molar-refractivity contribution in [3.05, 3.63) is 46.9 Å². The number of hydrogen-bond acceptors (Lipinski definition) is 10. The quantitative estimate of drug-likeness (QED) is 0.201. The number of hydrogen-bond donors (Lipinski definition) is 5. The minimum atomic E-state index is -4.86. The van der Waals surface area contributed by atoms with Crippen LogP contribution in [0.2, 0.25) is 5.28 Å². The number of aliphatic hydroxyl groups is 2. The number of rotatable bonds is 7. The summed E-state index contributed by atoms with van der Waals surface area (Å²) in [4.78, 5) is 26.5. The van der Waals surface area contributed by atoms with Crippen molar-refractivity contribution in [2.24, 2.45) is 0 Å². The molecule has 1 fully saturated rings. The SMILES string of the molecule is O=P(O)(O)CS(=O)(=O)C[C@H]1O[C@@H](n2ncc3c(N[C@@H]4CCc5ccccc54)nc(Cl)nc32)[C@H](O)[C@@H]1O. The lowest BCUT2D eigenvalue weighted by molar-refractivity contribution is -0.0364. The zero-order valence-corrected chi connectivity index (χ0v) is 21.0. The van der Waals surface area contributed by atoms with Gasteiger partial charge in [-0.2, -0.15) is 15.1 Å². The topological polar surface area (TPSA) is 197 Å². The van der Waals surface area contributed by atoms with Gasteiger partial charge in [-0.3, -0.25) is 4.57 Å². The van der Waals surface area contributed by atoms with Crippen LogP contribution in [-0.2, 0) is 25.6 Å². The second kappa shape index (κ2) is 9.30. The molecule has 0 amide bonds. The number of halogens is 1. The first-order valence-corrected chi connectivity index (χ1v) is 14.9. The second-order valence-corrected chi connectivity index (χ2v) is 13.4. The Bertz CT molecular complexity index is 1460. The van der Waals surface area contributed by atoms with E-state index in [0.717, 1.165) is 18.4 Å². The van der Waals surface area contributed by atoms with Crippen molar-refractivity contribution in [3.63, 3.8) is 0 Å². The number of benzene rings is 1. The zero-order valence-electron chi connectivity index (χ0n) is 18.5. The van der Waals surface area contributed by atoms with Crippen molar-refractivity contribution >= 4 is 45.9 Å². The van der Waals surface area contributed by atoms with Crippen LogP contribution in [0.5, 0.6) is 0 Å². The molecule has 5 atom stereocenters. The highest BCUT2D eigenvalue weighted by molar-refractivity contribution is 7.97. The summed E-state index contributed by atoms with van der Waals surface area (Å²) < 4.78 is 42.2. The van der Waals surface area contributed by atoms with Crippen molar-refractivity contribution in [2.75, 3.05) is 16.6 Å². The first-order valence-electron chi connectivity index (χ1n) is 10.9. The van der Waals surface area contributed by atoms with Gasteiger partial charge >= 0.3 is 7.60 Å². The largest absolute Gasteiger partial charge is 0.387 e. The molecule has 1 aromatic carbocycles. The first-order chi connectivity index (χ1) is 16.9. The Balaban J connectivity index is 1.42. The Morgan fingerprint density at radius 3 is 2.69 bits per heavy atom. The summed E-state index contributed by atoms with van der Waals surface area (Å²) in [5.74, 6) is -0.498. The Hall–Kier alpha value is -2.16. The zero-order chi connectivity index (χ0) is 25.8. The fourth-order valence-electron chi connectivity index (χ4n) is 4.70. The smallest absolute Gasteiger partial charge is 0.340 e. The summed E-state index contributed by atoms with van der Waals surface area (Å²) in [6, 6.07) is 8.03. The molecule has 36 heavy (non-hydrogen) atoms. The van der Waals surface area contributed by atoms with Crippen LogP contribution in [0.25, 0.3) is 11.0 Å². The molecule has 2 aliphatic rings. The third-order valence-corrected chi connectivity index (χ3v) is 10.2. The number of aryl methyl sites for hydroxylation is 1. The molecule has 13 nitrogen and oxygen atoms in total. The van der Waals surface area contributed by atoms with Gasteiger partial charge in [0.05, 0.1) is 23.4 Å². The molecule has 1 saturated heterocycles. The molecule has 1 aliphatic heterocycles. The molecule has 0 radical (unpaired) electrons. The third-order valence-electron chi connectivity index (χ3n) is 6.23. The van der Waals surface area contributed by atoms with E-state index in [9.17, 15) is 23.2 Å². The molecule has 194 valence electrons. The van der Waals surface area contributed by atoms with Gasteiger partial charge in [-0.25, -0.2) is 13.1 Å². The van der Waals surface area contributed by atoms with Gasteiger partial charge in [-0.15, -0.1) is 0 Å². The van der Waals surface area contributed by atoms with E-state index in [1.54, 1.807) is 0 Å². The van der Waals surface area contributed by atoms with Crippen LogP contribution in [0.15, 0.2) is 30.5 Å². The monoisotopic (exact) mass is 559 g/mol. The minimum Gasteiger partial charge on any atom is -0.387 e. The Labute approximate surface area is 210 Å². The van der Waals surface area contributed by atoms with E-state index in [1.165, 1.54) is 16.4 Å². The van der Waals surface area contributed by atoms with E-state index in [4.69, 9.17) is 26.1 Å². The van der Waals surface area contributed by atoms with Crippen LogP contribution in [0.4, 0.5) is 5.82 Å². The summed E-state index contributed by atoms with van der Waals surface area (Å²) in [7, 11) is -9.17. The van der Waals surface area contributed by atoms with Gasteiger partial charge in [-0.05, 0) is 35.6 Å². The number of nitrogens with zero attached hydrogens (tertiary/aromatic N) is 4. The van der Waals surface area contributed by atoms with Crippen LogP contribution < -0.4 is 5.32 Å². The summed E-state index contributed by atoms with van der Waals surface area (Å²) in [6.07, 6.45) is -2.86. The van der Waals surface area contributed by atoms with E-state index in [2.05, 4.69) is 26.4 Å². The highest BCUT2D eigenvalue weighted by Gasteiger charge is 2.47. The molecular weight excluding hydrogens is 537 g/mol. The highest BCUT2D eigenvalue weighted by atomic mass is 35.5. The number of sulfone groups is 1. The van der Waals surface area contributed by atoms with Gasteiger partial charge < -0.3 is 30.1 Å². The van der Waals surface area contributed by atoms with Crippen molar-refractivity contribution in [1.29, 1.82) is 0 Å². The molecule has 0 saturated carbocycles. The average Bonchev–Trinajstić information content (AvgIpc) is 3.45. The Morgan fingerprint density at radius 2 is 1.94 bits per heavy atom. The molecule has 0 bridgehead atoms. The first kappa shape index (κ1) is 25.5. The number of anilines is 1. The molecular formula is C20H23ClN5O8PS. The lowest BCUT2D eigenvalue weighted by Gasteiger charge is -2.17. The number of aromatic nitrogens is 4. The summed E-state index contributed by atoms with van der Waals surface area (Å²) in [5, 5.41) is 28.9. The molecule has 0 unspecified atom stereocenters. The van der Waals surface area contributed by atoms with Gasteiger partial charge in [0, 0.05) is 0 Å². The maximum atomic E-state index is 12.2. The number of nitrogens with one attached hydrogen (secondary N) is 1. The Kier molecular flexibility index (Phi) is 6.58. The van der Waals surface area contributed by atoms with Crippen LogP contribution in [-0.4, -0.2) is 77.7 Å². The maximum absolute atomic E-state index is 12.2. The fourth-order valence-corrected chi connectivity index (χ4v) is 8.11. The van der Waals surface area contributed by atoms with Gasteiger partial charge in [-0.1, -0.05) is 24.3 Å². The lowest BCUT2D eigenvalue weighted by Crippen LogP contribution is -2.36. The van der Waals surface area contributed by atoms with Crippen molar-refractivity contribution in [3.8, 4) is 0 Å². The predicted molar refractivity (Wildman–Crippen MR) is 128 cm³/mol. The average molecular weight is 560 g/mol. The standard InChI is InChI=1S/C20H23ClN5O8PS/c21-20-24-17(23-13-6-5-10-3-1-2-4-11(10)13)12-7-22-26(18(12)25-20)19-16(28)15(27)14(34-19)8-36(32,33)9-35(29,30)31/h1-4,7,13-16,19,27-28H,5-6,8-9H2,(H,23,24,25)(H2,29,30,31)/t13-,14-,15-,16-,19-/m1/s1. The maximum Gasteiger partial charge on any atom is 0.340 e. The Morgan fingerprint density at radius 1 is 1.19 bits per heavy atom. The van der Waals surface area contributed by atoms with Crippen LogP contribution in [0.1, 0.15) is 29.8 Å². The summed E-state index contributed by atoms with van der Waals surface area (Å²) in [6.45, 7) is 0.